The van der Waals surface area contributed by atoms with E-state index in [4.69, 9.17) is 0 Å². The molecular formula is C27H29N5O2. The van der Waals surface area contributed by atoms with Crippen LogP contribution in [0.2, 0.25) is 0 Å². The Kier molecular flexibility index (Phi) is 6.25. The van der Waals surface area contributed by atoms with Crippen LogP contribution in [-0.2, 0) is 16.0 Å². The number of carbonyl (C=O) groups excluding carboxylic acids is 2. The van der Waals surface area contributed by atoms with Gasteiger partial charge in [-0.05, 0) is 61.9 Å². The summed E-state index contributed by atoms with van der Waals surface area (Å²) in [6.45, 7) is 3.41. The fourth-order valence-electron chi connectivity index (χ4n) is 4.97. The number of hydrogen-bond donors (Lipinski definition) is 1. The van der Waals surface area contributed by atoms with Crippen LogP contribution in [0.3, 0.4) is 0 Å². The molecule has 0 aliphatic carbocycles. The van der Waals surface area contributed by atoms with Gasteiger partial charge in [0, 0.05) is 42.8 Å². The smallest absolute Gasteiger partial charge is 0.247 e. The Morgan fingerprint density at radius 3 is 2.38 bits per heavy atom. The van der Waals surface area contributed by atoms with Gasteiger partial charge in [0.15, 0.2) is 0 Å². The van der Waals surface area contributed by atoms with Gasteiger partial charge in [-0.25, -0.2) is 9.97 Å². The number of rotatable bonds is 4. The van der Waals surface area contributed by atoms with Gasteiger partial charge in [-0.3, -0.25) is 14.5 Å². The molecule has 7 heteroatoms. The zero-order valence-electron chi connectivity index (χ0n) is 19.4. The number of piperidine rings is 1. The lowest BCUT2D eigenvalue weighted by atomic mass is 9.90. The molecule has 1 saturated heterocycles. The number of aromatic nitrogens is 2. The van der Waals surface area contributed by atoms with Crippen molar-refractivity contribution in [1.82, 2.24) is 9.97 Å². The van der Waals surface area contributed by atoms with E-state index in [1.165, 1.54) is 0 Å². The van der Waals surface area contributed by atoms with Gasteiger partial charge in [-0.15, -0.1) is 0 Å². The summed E-state index contributed by atoms with van der Waals surface area (Å²) in [7, 11) is 0. The van der Waals surface area contributed by atoms with Crippen LogP contribution >= 0.6 is 0 Å². The molecular weight excluding hydrogens is 426 g/mol. The minimum absolute atomic E-state index is 0.0331. The molecule has 34 heavy (non-hydrogen) atoms. The van der Waals surface area contributed by atoms with Gasteiger partial charge in [0.05, 0.1) is 0 Å². The highest BCUT2D eigenvalue weighted by Gasteiger charge is 2.39. The first-order valence-corrected chi connectivity index (χ1v) is 11.9. The molecule has 0 bridgehead atoms. The second-order valence-corrected chi connectivity index (χ2v) is 9.01. The molecule has 174 valence electrons. The van der Waals surface area contributed by atoms with Gasteiger partial charge in [0.1, 0.15) is 6.04 Å². The largest absolute Gasteiger partial charge is 0.341 e. The summed E-state index contributed by atoms with van der Waals surface area (Å²) in [5.74, 6) is 0.463. The second kappa shape index (κ2) is 9.63. The van der Waals surface area contributed by atoms with E-state index >= 15 is 0 Å². The monoisotopic (exact) mass is 455 g/mol. The number of anilines is 3. The maximum atomic E-state index is 13.9. The van der Waals surface area contributed by atoms with Crippen LogP contribution in [0.1, 0.15) is 30.4 Å². The number of amides is 2. The average Bonchev–Trinajstić information content (AvgIpc) is 2.89. The Morgan fingerprint density at radius 2 is 1.62 bits per heavy atom. The number of benzene rings is 2. The number of aryl methyl sites for hydroxylation is 2. The van der Waals surface area contributed by atoms with Crippen LogP contribution in [0.4, 0.5) is 17.3 Å². The van der Waals surface area contributed by atoms with Crippen LogP contribution in [0.15, 0.2) is 67.0 Å². The Labute approximate surface area is 199 Å². The number of nitrogens with one attached hydrogen (secondary N) is 1. The molecule has 1 atom stereocenters. The summed E-state index contributed by atoms with van der Waals surface area (Å²) in [6.07, 6.45) is 6.28. The van der Waals surface area contributed by atoms with Crippen molar-refractivity contribution < 1.29 is 9.59 Å². The molecule has 1 aromatic heterocycles. The van der Waals surface area contributed by atoms with Gasteiger partial charge in [0.25, 0.3) is 0 Å². The summed E-state index contributed by atoms with van der Waals surface area (Å²) < 4.78 is 0. The lowest BCUT2D eigenvalue weighted by molar-refractivity contribution is -0.126. The van der Waals surface area contributed by atoms with Crippen molar-refractivity contribution in [1.29, 1.82) is 0 Å². The van der Waals surface area contributed by atoms with Crippen molar-refractivity contribution in [2.45, 2.75) is 38.6 Å². The Bertz CT molecular complexity index is 1170. The minimum atomic E-state index is -0.530. The molecule has 2 amide bonds. The van der Waals surface area contributed by atoms with E-state index in [-0.39, 0.29) is 17.7 Å². The van der Waals surface area contributed by atoms with Crippen LogP contribution in [0.5, 0.6) is 0 Å². The molecule has 5 rings (SSSR count). The number of hydrogen-bond acceptors (Lipinski definition) is 5. The highest BCUT2D eigenvalue weighted by atomic mass is 16.2. The van der Waals surface area contributed by atoms with E-state index < -0.39 is 6.04 Å². The first-order chi connectivity index (χ1) is 16.6. The fraction of sp³-hybridized carbons (Fsp3) is 0.333. The first-order valence-electron chi connectivity index (χ1n) is 11.9. The van der Waals surface area contributed by atoms with Crippen molar-refractivity contribution >= 4 is 29.1 Å². The number of carbonyl (C=O) groups is 2. The van der Waals surface area contributed by atoms with E-state index in [2.05, 4.69) is 26.3 Å². The van der Waals surface area contributed by atoms with Gasteiger partial charge >= 0.3 is 0 Å². The maximum absolute atomic E-state index is 13.9. The summed E-state index contributed by atoms with van der Waals surface area (Å²) in [4.78, 5) is 39.9. The predicted octanol–water partition coefficient (Wildman–Crippen LogP) is 3.99. The van der Waals surface area contributed by atoms with E-state index in [9.17, 15) is 9.59 Å². The average molecular weight is 456 g/mol. The summed E-state index contributed by atoms with van der Waals surface area (Å²) >= 11 is 0. The summed E-state index contributed by atoms with van der Waals surface area (Å²) in [5.41, 5.74) is 3.76. The molecule has 0 radical (unpaired) electrons. The normalized spacial score (nSPS) is 18.3. The van der Waals surface area contributed by atoms with Crippen LogP contribution in [0.25, 0.3) is 0 Å². The molecule has 1 N–H and O–H groups in total. The summed E-state index contributed by atoms with van der Waals surface area (Å²) in [6, 6.07) is 17.0. The third kappa shape index (κ3) is 4.38. The van der Waals surface area contributed by atoms with E-state index in [1.807, 2.05) is 49.4 Å². The Balaban J connectivity index is 1.37. The lowest BCUT2D eigenvalue weighted by Gasteiger charge is -2.40. The zero-order valence-corrected chi connectivity index (χ0v) is 19.4. The van der Waals surface area contributed by atoms with Crippen molar-refractivity contribution in [2.75, 3.05) is 28.2 Å². The van der Waals surface area contributed by atoms with Crippen molar-refractivity contribution in [2.24, 2.45) is 5.92 Å². The predicted molar refractivity (Wildman–Crippen MR) is 133 cm³/mol. The molecule has 2 aliphatic rings. The second-order valence-electron chi connectivity index (χ2n) is 9.01. The van der Waals surface area contributed by atoms with Crippen molar-refractivity contribution in [3.63, 3.8) is 0 Å². The molecule has 3 aromatic rings. The number of nitrogens with zero attached hydrogens (tertiary/aromatic N) is 4. The molecule has 3 heterocycles. The first kappa shape index (κ1) is 22.1. The molecule has 0 saturated carbocycles. The quantitative estimate of drug-likeness (QED) is 0.644. The molecule has 7 nitrogen and oxygen atoms in total. The van der Waals surface area contributed by atoms with E-state index in [1.54, 1.807) is 23.4 Å². The van der Waals surface area contributed by atoms with Gasteiger partial charge in [-0.1, -0.05) is 36.4 Å². The third-order valence-electron chi connectivity index (χ3n) is 6.87. The topological polar surface area (TPSA) is 78.4 Å². The maximum Gasteiger partial charge on any atom is 0.247 e. The third-order valence-corrected chi connectivity index (χ3v) is 6.87. The standard InChI is InChI=1S/C27H29N5O2/c1-19-7-2-4-9-22(19)30-25(33)24-12-11-20-8-3-5-10-23(20)32(24)26(34)21-13-17-31(18-14-21)27-28-15-6-16-29-27/h2-10,15-16,21,24H,11-14,17-18H2,1H3,(H,30,33). The fourth-order valence-corrected chi connectivity index (χ4v) is 4.97. The molecule has 1 unspecified atom stereocenters. The Hall–Kier alpha value is -3.74. The van der Waals surface area contributed by atoms with Gasteiger partial charge in [-0.2, -0.15) is 0 Å². The number of fused-ring (bicyclic) bond motifs is 1. The van der Waals surface area contributed by atoms with Crippen LogP contribution < -0.4 is 15.1 Å². The highest BCUT2D eigenvalue weighted by Crippen LogP contribution is 2.34. The number of para-hydroxylation sites is 2. The minimum Gasteiger partial charge on any atom is -0.341 e. The molecule has 0 spiro atoms. The molecule has 1 fully saturated rings. The Morgan fingerprint density at radius 1 is 0.912 bits per heavy atom. The van der Waals surface area contributed by atoms with E-state index in [0.717, 1.165) is 42.0 Å². The summed E-state index contributed by atoms with van der Waals surface area (Å²) in [5, 5.41) is 3.07. The zero-order chi connectivity index (χ0) is 23.5. The molecule has 2 aliphatic heterocycles. The molecule has 2 aromatic carbocycles. The van der Waals surface area contributed by atoms with Crippen molar-refractivity contribution in [3.05, 3.63) is 78.1 Å². The van der Waals surface area contributed by atoms with Crippen molar-refractivity contribution in [3.8, 4) is 0 Å². The van der Waals surface area contributed by atoms with Crippen LogP contribution in [0, 0.1) is 12.8 Å². The van der Waals surface area contributed by atoms with Crippen LogP contribution in [-0.4, -0.2) is 40.9 Å². The van der Waals surface area contributed by atoms with Gasteiger partial charge < -0.3 is 10.2 Å². The van der Waals surface area contributed by atoms with E-state index in [0.29, 0.717) is 25.2 Å². The van der Waals surface area contributed by atoms with Gasteiger partial charge in [0.2, 0.25) is 17.8 Å². The highest BCUT2D eigenvalue weighted by molar-refractivity contribution is 6.06. The SMILES string of the molecule is Cc1ccccc1NC(=O)C1CCc2ccccc2N1C(=O)C1CCN(c2ncccn2)CC1. The lowest BCUT2D eigenvalue weighted by Crippen LogP contribution is -2.53.